The van der Waals surface area contributed by atoms with Crippen molar-refractivity contribution in [2.24, 2.45) is 11.0 Å². The van der Waals surface area contributed by atoms with Crippen LogP contribution in [0.2, 0.25) is 0 Å². The van der Waals surface area contributed by atoms with Crippen molar-refractivity contribution in [3.05, 3.63) is 23.8 Å². The number of carbonyl (C=O) groups is 1. The van der Waals surface area contributed by atoms with Crippen LogP contribution in [0.25, 0.3) is 0 Å². The Morgan fingerprint density at radius 2 is 2.04 bits per heavy atom. The maximum Gasteiger partial charge on any atom is 0.438 e. The Morgan fingerprint density at radius 1 is 1.33 bits per heavy atom. The molecular weight excluding hydrogens is 365 g/mol. The Labute approximate surface area is 154 Å². The maximum atomic E-state index is 13.4. The molecule has 2 aliphatic rings. The van der Waals surface area contributed by atoms with Crippen molar-refractivity contribution in [1.82, 2.24) is 5.01 Å². The van der Waals surface area contributed by atoms with Gasteiger partial charge in [0.15, 0.2) is 11.5 Å². The lowest BCUT2D eigenvalue weighted by Gasteiger charge is -2.32. The average molecular weight is 386 g/mol. The predicted octanol–water partition coefficient (Wildman–Crippen LogP) is 3.23. The second kappa shape index (κ2) is 7.03. The molecule has 0 unspecified atom stereocenters. The van der Waals surface area contributed by atoms with E-state index in [-0.39, 0.29) is 42.7 Å². The van der Waals surface area contributed by atoms with Crippen LogP contribution in [0.1, 0.15) is 38.7 Å². The van der Waals surface area contributed by atoms with Crippen LogP contribution in [0.5, 0.6) is 11.5 Å². The van der Waals surface area contributed by atoms with Gasteiger partial charge >= 0.3 is 6.18 Å². The van der Waals surface area contributed by atoms with Gasteiger partial charge in [-0.15, -0.1) is 0 Å². The largest absolute Gasteiger partial charge is 0.454 e. The summed E-state index contributed by atoms with van der Waals surface area (Å²) in [5.41, 5.74) is -2.40. The van der Waals surface area contributed by atoms with Crippen molar-refractivity contribution < 1.29 is 32.5 Å². The minimum atomic E-state index is -5.00. The van der Waals surface area contributed by atoms with Crippen molar-refractivity contribution in [3.8, 4) is 11.5 Å². The zero-order valence-electron chi connectivity index (χ0n) is 15.0. The number of benzene rings is 1. The molecule has 27 heavy (non-hydrogen) atoms. The van der Waals surface area contributed by atoms with E-state index < -0.39 is 24.2 Å². The van der Waals surface area contributed by atoms with Crippen molar-refractivity contribution in [2.45, 2.75) is 51.4 Å². The zero-order valence-corrected chi connectivity index (χ0v) is 15.0. The summed E-state index contributed by atoms with van der Waals surface area (Å²) in [6, 6.07) is 5.08. The number of aryl methyl sites for hydroxylation is 1. The number of halogens is 3. The van der Waals surface area contributed by atoms with Crippen LogP contribution in [0.4, 0.5) is 13.2 Å². The summed E-state index contributed by atoms with van der Waals surface area (Å²) in [4.78, 5) is 12.4. The van der Waals surface area contributed by atoms with E-state index in [9.17, 15) is 23.1 Å². The van der Waals surface area contributed by atoms with E-state index in [0.29, 0.717) is 17.1 Å². The minimum Gasteiger partial charge on any atom is -0.454 e. The van der Waals surface area contributed by atoms with Gasteiger partial charge in [-0.05, 0) is 36.5 Å². The quantitative estimate of drug-likeness (QED) is 0.844. The van der Waals surface area contributed by atoms with Crippen molar-refractivity contribution in [2.75, 3.05) is 6.79 Å². The van der Waals surface area contributed by atoms with Crippen LogP contribution >= 0.6 is 0 Å². The van der Waals surface area contributed by atoms with Crippen LogP contribution in [0.15, 0.2) is 23.3 Å². The van der Waals surface area contributed by atoms with E-state index in [1.165, 1.54) is 0 Å². The van der Waals surface area contributed by atoms with Crippen LogP contribution < -0.4 is 9.47 Å². The molecule has 0 fully saturated rings. The van der Waals surface area contributed by atoms with E-state index in [2.05, 4.69) is 5.10 Å². The Morgan fingerprint density at radius 3 is 2.70 bits per heavy atom. The third kappa shape index (κ3) is 3.87. The number of aliphatic hydroxyl groups is 1. The fourth-order valence-electron chi connectivity index (χ4n) is 3.14. The highest BCUT2D eigenvalue weighted by molar-refractivity contribution is 5.91. The molecule has 0 bridgehead atoms. The van der Waals surface area contributed by atoms with Gasteiger partial charge in [0.2, 0.25) is 12.7 Å². The van der Waals surface area contributed by atoms with E-state index in [4.69, 9.17) is 9.47 Å². The average Bonchev–Trinajstić information content (AvgIpc) is 3.15. The molecule has 1 atom stereocenters. The molecule has 1 amide bonds. The molecule has 6 nitrogen and oxygen atoms in total. The molecule has 148 valence electrons. The maximum absolute atomic E-state index is 13.4. The molecule has 9 heteroatoms. The normalized spacial score (nSPS) is 21.7. The van der Waals surface area contributed by atoms with Gasteiger partial charge in [-0.3, -0.25) is 4.79 Å². The van der Waals surface area contributed by atoms with Crippen LogP contribution in [-0.4, -0.2) is 40.4 Å². The van der Waals surface area contributed by atoms with Gasteiger partial charge in [0.1, 0.15) is 0 Å². The Hall–Kier alpha value is -2.29. The highest BCUT2D eigenvalue weighted by Crippen LogP contribution is 2.41. The summed E-state index contributed by atoms with van der Waals surface area (Å²) in [6.45, 7) is 3.77. The molecule has 3 rings (SSSR count). The van der Waals surface area contributed by atoms with Gasteiger partial charge in [-0.25, -0.2) is 0 Å². The molecule has 0 saturated carbocycles. The Balaban J connectivity index is 1.73. The molecular formula is C18H21F3N2O4. The lowest BCUT2D eigenvalue weighted by molar-refractivity contribution is -0.302. The number of carbonyl (C=O) groups excluding carboxylic acids is 1. The van der Waals surface area contributed by atoms with Crippen LogP contribution in [0.3, 0.4) is 0 Å². The summed E-state index contributed by atoms with van der Waals surface area (Å²) in [6.07, 6.45) is -5.47. The fourth-order valence-corrected chi connectivity index (χ4v) is 3.14. The number of nitrogens with zero attached hydrogens (tertiary/aromatic N) is 2. The Kier molecular flexibility index (Phi) is 5.07. The number of fused-ring (bicyclic) bond motifs is 1. The van der Waals surface area contributed by atoms with Crippen LogP contribution in [-0.2, 0) is 11.2 Å². The Bertz CT molecular complexity index is 763. The number of alkyl halides is 3. The summed E-state index contributed by atoms with van der Waals surface area (Å²) >= 11 is 0. The first-order valence-corrected chi connectivity index (χ1v) is 8.67. The summed E-state index contributed by atoms with van der Waals surface area (Å²) in [5.74, 6) is 0.292. The molecule has 0 aromatic heterocycles. The minimum absolute atomic E-state index is 0.0601. The van der Waals surface area contributed by atoms with E-state index >= 15 is 0 Å². The molecule has 0 spiro atoms. The smallest absolute Gasteiger partial charge is 0.438 e. The van der Waals surface area contributed by atoms with E-state index in [0.717, 1.165) is 0 Å². The SMILES string of the molecule is CC(C)CC1=NN(C(=O)CCc2ccc3c(c2)OCO3)[C@](O)(C(F)(F)F)C1. The van der Waals surface area contributed by atoms with Gasteiger partial charge < -0.3 is 14.6 Å². The first-order chi connectivity index (χ1) is 12.6. The van der Waals surface area contributed by atoms with E-state index in [1.807, 2.05) is 13.8 Å². The first-order valence-electron chi connectivity index (χ1n) is 8.67. The fraction of sp³-hybridized carbons (Fsp3) is 0.556. The van der Waals surface area contributed by atoms with Gasteiger partial charge in [-0.2, -0.15) is 23.3 Å². The number of hydrazone groups is 1. The number of hydrogen-bond acceptors (Lipinski definition) is 5. The van der Waals surface area contributed by atoms with Gasteiger partial charge in [0.05, 0.1) is 0 Å². The second-order valence-corrected chi connectivity index (χ2v) is 7.15. The second-order valence-electron chi connectivity index (χ2n) is 7.15. The molecule has 2 aliphatic heterocycles. The molecule has 0 aliphatic carbocycles. The number of rotatable bonds is 5. The lowest BCUT2D eigenvalue weighted by Crippen LogP contribution is -2.56. The lowest BCUT2D eigenvalue weighted by atomic mass is 9.99. The van der Waals surface area contributed by atoms with Crippen LogP contribution in [0, 0.1) is 5.92 Å². The number of ether oxygens (including phenoxy) is 2. The van der Waals surface area contributed by atoms with Crippen molar-refractivity contribution in [1.29, 1.82) is 0 Å². The summed E-state index contributed by atoms with van der Waals surface area (Å²) in [5, 5.41) is 14.2. The van der Waals surface area contributed by atoms with Gasteiger partial charge in [0.25, 0.3) is 5.72 Å². The zero-order chi connectivity index (χ0) is 19.8. The summed E-state index contributed by atoms with van der Waals surface area (Å²) < 4.78 is 50.7. The summed E-state index contributed by atoms with van der Waals surface area (Å²) in [7, 11) is 0. The predicted molar refractivity (Wildman–Crippen MR) is 90.2 cm³/mol. The highest BCUT2D eigenvalue weighted by Gasteiger charge is 2.62. The monoisotopic (exact) mass is 386 g/mol. The molecule has 1 aromatic carbocycles. The highest BCUT2D eigenvalue weighted by atomic mass is 19.4. The van der Waals surface area contributed by atoms with Gasteiger partial charge in [0, 0.05) is 18.6 Å². The van der Waals surface area contributed by atoms with Crippen molar-refractivity contribution >= 4 is 11.6 Å². The first kappa shape index (κ1) is 19.5. The third-order valence-electron chi connectivity index (χ3n) is 4.44. The number of amides is 1. The standard InChI is InChI=1S/C18H21F3N2O4/c1-11(2)7-13-9-17(25,18(19,20)21)23(22-13)16(24)6-4-12-3-5-14-15(8-12)27-10-26-14/h3,5,8,11,25H,4,6-7,9-10H2,1-2H3/t17-/m1/s1. The van der Waals surface area contributed by atoms with E-state index in [1.54, 1.807) is 18.2 Å². The van der Waals surface area contributed by atoms with Crippen molar-refractivity contribution in [3.63, 3.8) is 0 Å². The molecule has 0 saturated heterocycles. The molecule has 1 N–H and O–H groups in total. The van der Waals surface area contributed by atoms with Gasteiger partial charge in [-0.1, -0.05) is 19.9 Å². The molecule has 2 heterocycles. The third-order valence-corrected chi connectivity index (χ3v) is 4.44. The molecule has 0 radical (unpaired) electrons. The molecule has 1 aromatic rings. The number of hydrogen-bond donors (Lipinski definition) is 1. The topological polar surface area (TPSA) is 71.4 Å².